The molecule has 1 amide bonds. The van der Waals surface area contributed by atoms with Gasteiger partial charge in [-0.25, -0.2) is 4.39 Å². The van der Waals surface area contributed by atoms with Crippen LogP contribution in [0.25, 0.3) is 10.9 Å². The summed E-state index contributed by atoms with van der Waals surface area (Å²) in [5, 5.41) is 3.44. The van der Waals surface area contributed by atoms with Crippen molar-refractivity contribution in [1.82, 2.24) is 10.3 Å². The van der Waals surface area contributed by atoms with E-state index in [-0.39, 0.29) is 11.7 Å². The standard InChI is InChI=1S/C18H19FN2O.C2H6/c1-2-3-4-5-6-7-8-12-20-18(22)16-13-14-10-9-11-15(19)17(14)21-16;1-2/h2-3,5-11,13,21H,4,12H2,1H3,(H,20,22);1-2H3/b3-2-,6-5-,8-7+;. The Labute approximate surface area is 143 Å². The van der Waals surface area contributed by atoms with E-state index in [0.29, 0.717) is 23.1 Å². The molecular formula is C20H25FN2O. The third-order valence-corrected chi connectivity index (χ3v) is 3.12. The maximum atomic E-state index is 13.6. The molecule has 128 valence electrons. The van der Waals surface area contributed by atoms with Gasteiger partial charge in [-0.2, -0.15) is 0 Å². The fourth-order valence-electron chi connectivity index (χ4n) is 2.01. The molecule has 0 bridgehead atoms. The van der Waals surface area contributed by atoms with Gasteiger partial charge in [0.1, 0.15) is 11.5 Å². The van der Waals surface area contributed by atoms with E-state index < -0.39 is 0 Å². The van der Waals surface area contributed by atoms with Gasteiger partial charge in [0, 0.05) is 11.9 Å². The summed E-state index contributed by atoms with van der Waals surface area (Å²) in [5.74, 6) is -0.610. The second kappa shape index (κ2) is 11.0. The van der Waals surface area contributed by atoms with E-state index in [1.165, 1.54) is 6.07 Å². The molecule has 0 radical (unpaired) electrons. The van der Waals surface area contributed by atoms with Gasteiger partial charge in [0.2, 0.25) is 0 Å². The van der Waals surface area contributed by atoms with E-state index in [9.17, 15) is 9.18 Å². The zero-order valence-electron chi connectivity index (χ0n) is 14.5. The Balaban J connectivity index is 0.00000139. The number of rotatable bonds is 6. The number of para-hydroxylation sites is 1. The molecule has 2 N–H and O–H groups in total. The Morgan fingerprint density at radius 2 is 1.96 bits per heavy atom. The molecule has 0 saturated heterocycles. The van der Waals surface area contributed by atoms with Crippen molar-refractivity contribution in [2.24, 2.45) is 0 Å². The van der Waals surface area contributed by atoms with Gasteiger partial charge in [-0.1, -0.05) is 62.4 Å². The van der Waals surface area contributed by atoms with Gasteiger partial charge in [0.05, 0.1) is 5.52 Å². The predicted molar refractivity (Wildman–Crippen MR) is 99.6 cm³/mol. The molecule has 3 nitrogen and oxygen atoms in total. The largest absolute Gasteiger partial charge is 0.348 e. The number of carbonyl (C=O) groups excluding carboxylic acids is 1. The second-order valence-electron chi connectivity index (χ2n) is 4.76. The molecule has 1 aromatic heterocycles. The highest BCUT2D eigenvalue weighted by atomic mass is 19.1. The lowest BCUT2D eigenvalue weighted by Crippen LogP contribution is -2.23. The number of aromatic amines is 1. The highest BCUT2D eigenvalue weighted by Crippen LogP contribution is 2.18. The quantitative estimate of drug-likeness (QED) is 0.559. The molecular weight excluding hydrogens is 303 g/mol. The highest BCUT2D eigenvalue weighted by molar-refractivity contribution is 5.98. The predicted octanol–water partition coefficient (Wildman–Crippen LogP) is 5.14. The molecule has 1 heterocycles. The molecule has 0 saturated carbocycles. The lowest BCUT2D eigenvalue weighted by molar-refractivity contribution is 0.0954. The molecule has 2 rings (SSSR count). The first kappa shape index (κ1) is 19.4. The van der Waals surface area contributed by atoms with Crippen LogP contribution in [0.4, 0.5) is 4.39 Å². The average Bonchev–Trinajstić information content (AvgIpc) is 3.05. The summed E-state index contributed by atoms with van der Waals surface area (Å²) in [6.07, 6.45) is 12.7. The molecule has 24 heavy (non-hydrogen) atoms. The van der Waals surface area contributed by atoms with Crippen LogP contribution in [0.5, 0.6) is 0 Å². The van der Waals surface area contributed by atoms with Crippen molar-refractivity contribution in [1.29, 1.82) is 0 Å². The number of allylic oxidation sites excluding steroid dienone is 5. The summed E-state index contributed by atoms with van der Waals surface area (Å²) < 4.78 is 13.6. The van der Waals surface area contributed by atoms with E-state index in [1.807, 2.05) is 51.2 Å². The molecule has 0 atom stereocenters. The van der Waals surface area contributed by atoms with Crippen LogP contribution in [0.2, 0.25) is 0 Å². The fraction of sp³-hybridized carbons (Fsp3) is 0.250. The first-order valence-electron chi connectivity index (χ1n) is 8.20. The maximum Gasteiger partial charge on any atom is 0.267 e. The van der Waals surface area contributed by atoms with Crippen LogP contribution >= 0.6 is 0 Å². The minimum Gasteiger partial charge on any atom is -0.348 e. The smallest absolute Gasteiger partial charge is 0.267 e. The van der Waals surface area contributed by atoms with Crippen LogP contribution in [-0.4, -0.2) is 17.4 Å². The van der Waals surface area contributed by atoms with Crippen LogP contribution in [0.3, 0.4) is 0 Å². The lowest BCUT2D eigenvalue weighted by Gasteiger charge is -1.98. The van der Waals surface area contributed by atoms with E-state index >= 15 is 0 Å². The van der Waals surface area contributed by atoms with Crippen LogP contribution in [0.1, 0.15) is 37.7 Å². The van der Waals surface area contributed by atoms with Crippen molar-refractivity contribution in [3.63, 3.8) is 0 Å². The van der Waals surface area contributed by atoms with Crippen molar-refractivity contribution >= 4 is 16.8 Å². The summed E-state index contributed by atoms with van der Waals surface area (Å²) in [5.41, 5.74) is 0.715. The molecule has 0 aliphatic rings. The topological polar surface area (TPSA) is 44.9 Å². The number of carbonyl (C=O) groups is 1. The first-order valence-corrected chi connectivity index (χ1v) is 8.20. The average molecular weight is 328 g/mol. The minimum atomic E-state index is -0.359. The summed E-state index contributed by atoms with van der Waals surface area (Å²) in [6, 6.07) is 6.40. The Kier molecular flexibility index (Phi) is 8.90. The minimum absolute atomic E-state index is 0.252. The van der Waals surface area contributed by atoms with Crippen molar-refractivity contribution in [3.05, 3.63) is 72.2 Å². The Bertz CT molecular complexity index is 726. The van der Waals surface area contributed by atoms with Gasteiger partial charge in [-0.3, -0.25) is 4.79 Å². The molecule has 0 aliphatic carbocycles. The van der Waals surface area contributed by atoms with E-state index in [1.54, 1.807) is 18.2 Å². The van der Waals surface area contributed by atoms with Gasteiger partial charge < -0.3 is 10.3 Å². The third kappa shape index (κ3) is 5.88. The van der Waals surface area contributed by atoms with Crippen LogP contribution in [0.15, 0.2) is 60.7 Å². The highest BCUT2D eigenvalue weighted by Gasteiger charge is 2.10. The number of fused-ring (bicyclic) bond motifs is 1. The van der Waals surface area contributed by atoms with Crippen molar-refractivity contribution in [2.45, 2.75) is 27.2 Å². The van der Waals surface area contributed by atoms with Crippen molar-refractivity contribution in [3.8, 4) is 0 Å². The van der Waals surface area contributed by atoms with Gasteiger partial charge in [-0.05, 0) is 25.5 Å². The Morgan fingerprint density at radius 3 is 2.67 bits per heavy atom. The van der Waals surface area contributed by atoms with E-state index in [0.717, 1.165) is 6.42 Å². The molecule has 0 aliphatic heterocycles. The summed E-state index contributed by atoms with van der Waals surface area (Å²) in [7, 11) is 0. The Morgan fingerprint density at radius 1 is 1.21 bits per heavy atom. The van der Waals surface area contributed by atoms with Gasteiger partial charge in [-0.15, -0.1) is 0 Å². The number of hydrogen-bond acceptors (Lipinski definition) is 1. The zero-order valence-corrected chi connectivity index (χ0v) is 14.5. The number of hydrogen-bond donors (Lipinski definition) is 2. The Hall–Kier alpha value is -2.62. The molecule has 0 spiro atoms. The summed E-state index contributed by atoms with van der Waals surface area (Å²) in [6.45, 7) is 6.40. The number of halogens is 1. The van der Waals surface area contributed by atoms with Crippen LogP contribution < -0.4 is 5.32 Å². The molecule has 0 unspecified atom stereocenters. The summed E-state index contributed by atoms with van der Waals surface area (Å²) >= 11 is 0. The van der Waals surface area contributed by atoms with Gasteiger partial charge in [0.25, 0.3) is 5.91 Å². The van der Waals surface area contributed by atoms with Crippen molar-refractivity contribution in [2.75, 3.05) is 6.54 Å². The summed E-state index contributed by atoms with van der Waals surface area (Å²) in [4.78, 5) is 14.8. The van der Waals surface area contributed by atoms with Crippen molar-refractivity contribution < 1.29 is 9.18 Å². The lowest BCUT2D eigenvalue weighted by atomic mass is 10.2. The SMILES string of the molecule is C/C=C\C/C=C\C=C\CNC(=O)c1cc2cccc(F)c2[nH]1.CC. The molecule has 2 aromatic rings. The van der Waals surface area contributed by atoms with E-state index in [2.05, 4.69) is 16.4 Å². The number of amides is 1. The first-order chi connectivity index (χ1) is 11.7. The number of benzene rings is 1. The van der Waals surface area contributed by atoms with E-state index in [4.69, 9.17) is 0 Å². The molecule has 1 aromatic carbocycles. The number of nitrogens with one attached hydrogen (secondary N) is 2. The number of H-pyrrole nitrogens is 1. The molecule has 4 heteroatoms. The van der Waals surface area contributed by atoms with Gasteiger partial charge >= 0.3 is 0 Å². The zero-order chi connectivity index (χ0) is 17.8. The fourth-order valence-corrected chi connectivity index (χ4v) is 2.01. The van der Waals surface area contributed by atoms with Crippen LogP contribution in [0, 0.1) is 5.82 Å². The maximum absolute atomic E-state index is 13.6. The van der Waals surface area contributed by atoms with Crippen LogP contribution in [-0.2, 0) is 0 Å². The normalized spacial score (nSPS) is 11.3. The van der Waals surface area contributed by atoms with Gasteiger partial charge in [0.15, 0.2) is 0 Å². The monoisotopic (exact) mass is 328 g/mol. The molecule has 0 fully saturated rings. The second-order valence-corrected chi connectivity index (χ2v) is 4.76. The number of aromatic nitrogens is 1. The third-order valence-electron chi connectivity index (χ3n) is 3.12.